The predicted molar refractivity (Wildman–Crippen MR) is 91.3 cm³/mol. The number of ether oxygens (including phenoxy) is 1. The first-order valence-electron chi connectivity index (χ1n) is 8.48. The smallest absolute Gasteiger partial charge is 0.332 e. The van der Waals surface area contributed by atoms with Crippen molar-refractivity contribution in [3.05, 3.63) is 26.4 Å². The van der Waals surface area contributed by atoms with E-state index in [1.165, 1.54) is 18.7 Å². The van der Waals surface area contributed by atoms with Gasteiger partial charge in [-0.1, -0.05) is 0 Å². The van der Waals surface area contributed by atoms with Crippen LogP contribution in [-0.2, 0) is 34.8 Å². The lowest BCUT2D eigenvalue weighted by Crippen LogP contribution is -2.74. The van der Waals surface area contributed by atoms with E-state index in [2.05, 4.69) is 5.32 Å². The summed E-state index contributed by atoms with van der Waals surface area (Å²) in [7, 11) is 4.18. The summed E-state index contributed by atoms with van der Waals surface area (Å²) in [5.41, 5.74) is -2.53. The Balaban J connectivity index is 2.02. The maximum absolute atomic E-state index is 13.1. The molecule has 144 valence electrons. The van der Waals surface area contributed by atoms with E-state index in [9.17, 15) is 24.0 Å². The zero-order chi connectivity index (χ0) is 19.7. The highest BCUT2D eigenvalue weighted by atomic mass is 16.5. The van der Waals surface area contributed by atoms with E-state index in [1.807, 2.05) is 0 Å². The minimum atomic E-state index is -1.68. The van der Waals surface area contributed by atoms with Crippen LogP contribution in [-0.4, -0.2) is 64.7 Å². The van der Waals surface area contributed by atoms with Gasteiger partial charge in [0, 0.05) is 34.1 Å². The van der Waals surface area contributed by atoms with Crippen LogP contribution < -0.4 is 21.5 Å². The van der Waals surface area contributed by atoms with Gasteiger partial charge in [-0.3, -0.25) is 33.7 Å². The minimum Gasteiger partial charge on any atom is -0.377 e. The number of amides is 4. The number of hydrogen-bond acceptors (Lipinski definition) is 7. The zero-order valence-corrected chi connectivity index (χ0v) is 15.1. The molecule has 4 rings (SSSR count). The second-order valence-electron chi connectivity index (χ2n) is 7.06. The lowest BCUT2D eigenvalue weighted by molar-refractivity contribution is -0.155. The summed E-state index contributed by atoms with van der Waals surface area (Å²) in [5, 5.41) is 2.21. The second kappa shape index (κ2) is 5.52. The first kappa shape index (κ1) is 17.5. The Morgan fingerprint density at radius 1 is 1.07 bits per heavy atom. The third-order valence-corrected chi connectivity index (χ3v) is 5.77. The number of aromatic nitrogens is 2. The highest BCUT2D eigenvalue weighted by Crippen LogP contribution is 2.43. The number of barbiturate groups is 1. The molecule has 4 amide bonds. The first-order valence-corrected chi connectivity index (χ1v) is 8.48. The van der Waals surface area contributed by atoms with Crippen molar-refractivity contribution in [1.82, 2.24) is 19.4 Å². The van der Waals surface area contributed by atoms with Crippen molar-refractivity contribution in [2.45, 2.75) is 12.5 Å². The van der Waals surface area contributed by atoms with Gasteiger partial charge in [0.15, 0.2) is 5.41 Å². The summed E-state index contributed by atoms with van der Waals surface area (Å²) in [6.07, 6.45) is -0.212. The van der Waals surface area contributed by atoms with Crippen molar-refractivity contribution in [2.24, 2.45) is 19.5 Å². The SMILES string of the molecule is CN1C(=O)NC(=O)C2(Cc3c(n(C)c(=O)n(C)c3=O)N3CCOCC32)C1=O. The molecule has 3 aliphatic heterocycles. The van der Waals surface area contributed by atoms with Crippen LogP contribution in [0.5, 0.6) is 0 Å². The fourth-order valence-electron chi connectivity index (χ4n) is 4.32. The van der Waals surface area contributed by atoms with Crippen molar-refractivity contribution >= 4 is 23.7 Å². The molecule has 1 N–H and O–H groups in total. The molecule has 11 nitrogen and oxygen atoms in total. The van der Waals surface area contributed by atoms with Crippen molar-refractivity contribution in [3.63, 3.8) is 0 Å². The standard InChI is InChI=1S/C16H19N5O6/c1-18-10-8(11(22)19(2)15(18)26)6-16(9-7-27-5-4-21(9)10)12(23)17-14(25)20(3)13(16)24/h9H,4-7H2,1-3H3,(H,17,23,25). The molecule has 4 heterocycles. The van der Waals surface area contributed by atoms with Gasteiger partial charge in [0.2, 0.25) is 11.8 Å². The number of anilines is 1. The Morgan fingerprint density at radius 3 is 2.48 bits per heavy atom. The quantitative estimate of drug-likeness (QED) is 0.498. The monoisotopic (exact) mass is 377 g/mol. The Hall–Kier alpha value is -2.95. The van der Waals surface area contributed by atoms with Crippen LogP contribution in [0.1, 0.15) is 5.56 Å². The van der Waals surface area contributed by atoms with Gasteiger partial charge >= 0.3 is 11.7 Å². The summed E-state index contributed by atoms with van der Waals surface area (Å²) in [6.45, 7) is 0.683. The zero-order valence-electron chi connectivity index (χ0n) is 15.1. The molecule has 0 saturated carbocycles. The average Bonchev–Trinajstić information content (AvgIpc) is 2.67. The van der Waals surface area contributed by atoms with Gasteiger partial charge < -0.3 is 9.64 Å². The van der Waals surface area contributed by atoms with Crippen LogP contribution in [0.4, 0.5) is 10.6 Å². The highest BCUT2D eigenvalue weighted by Gasteiger charge is 2.63. The van der Waals surface area contributed by atoms with Crippen molar-refractivity contribution in [1.29, 1.82) is 0 Å². The molecule has 1 aromatic heterocycles. The molecule has 11 heteroatoms. The fourth-order valence-corrected chi connectivity index (χ4v) is 4.32. The number of hydrogen-bond donors (Lipinski definition) is 1. The number of carbonyl (C=O) groups excluding carboxylic acids is 3. The molecular weight excluding hydrogens is 358 g/mol. The molecule has 2 fully saturated rings. The van der Waals surface area contributed by atoms with Crippen LogP contribution in [0.3, 0.4) is 0 Å². The minimum absolute atomic E-state index is 0.0596. The number of fused-ring (bicyclic) bond motifs is 4. The van der Waals surface area contributed by atoms with Gasteiger partial charge in [-0.2, -0.15) is 0 Å². The second-order valence-corrected chi connectivity index (χ2v) is 7.06. The van der Waals surface area contributed by atoms with Gasteiger partial charge in [-0.15, -0.1) is 0 Å². The number of nitrogens with zero attached hydrogens (tertiary/aromatic N) is 4. The van der Waals surface area contributed by atoms with Crippen LogP contribution in [0, 0.1) is 5.41 Å². The molecular formula is C16H19N5O6. The number of urea groups is 1. The number of rotatable bonds is 0. The molecule has 2 unspecified atom stereocenters. The summed E-state index contributed by atoms with van der Waals surface area (Å²) in [6, 6.07) is -1.54. The van der Waals surface area contributed by atoms with E-state index in [0.29, 0.717) is 19.0 Å². The molecule has 1 spiro atoms. The average molecular weight is 377 g/mol. The number of imide groups is 2. The van der Waals surface area contributed by atoms with Crippen LogP contribution in [0.2, 0.25) is 0 Å². The Morgan fingerprint density at radius 2 is 1.78 bits per heavy atom. The molecule has 0 aromatic carbocycles. The van der Waals surface area contributed by atoms with Crippen molar-refractivity contribution in [2.75, 3.05) is 31.7 Å². The van der Waals surface area contributed by atoms with Crippen LogP contribution in [0.25, 0.3) is 0 Å². The highest BCUT2D eigenvalue weighted by molar-refractivity contribution is 6.20. The van der Waals surface area contributed by atoms with E-state index < -0.39 is 40.6 Å². The molecule has 0 aliphatic carbocycles. The molecule has 1 aromatic rings. The normalized spacial score (nSPS) is 27.5. The summed E-state index contributed by atoms with van der Waals surface area (Å²) < 4.78 is 7.82. The van der Waals surface area contributed by atoms with E-state index in [4.69, 9.17) is 4.74 Å². The predicted octanol–water partition coefficient (Wildman–Crippen LogP) is -2.46. The van der Waals surface area contributed by atoms with Crippen LogP contribution >= 0.6 is 0 Å². The lowest BCUT2D eigenvalue weighted by Gasteiger charge is -2.52. The Labute approximate surface area is 153 Å². The molecule has 2 atom stereocenters. The molecule has 2 saturated heterocycles. The first-order chi connectivity index (χ1) is 12.7. The Kier molecular flexibility index (Phi) is 3.57. The van der Waals surface area contributed by atoms with Gasteiger partial charge in [0.05, 0.1) is 24.8 Å². The van der Waals surface area contributed by atoms with Crippen LogP contribution in [0.15, 0.2) is 9.59 Å². The van der Waals surface area contributed by atoms with Gasteiger partial charge in [0.1, 0.15) is 5.82 Å². The van der Waals surface area contributed by atoms with Gasteiger partial charge in [0.25, 0.3) is 5.56 Å². The maximum atomic E-state index is 13.1. The number of nitrogens with one attached hydrogen (secondary N) is 1. The molecule has 3 aliphatic rings. The molecule has 27 heavy (non-hydrogen) atoms. The summed E-state index contributed by atoms with van der Waals surface area (Å²) in [5.74, 6) is -1.04. The van der Waals surface area contributed by atoms with E-state index in [0.717, 1.165) is 9.47 Å². The third kappa shape index (κ3) is 2.02. The van der Waals surface area contributed by atoms with Crippen molar-refractivity contribution in [3.8, 4) is 0 Å². The number of carbonyl (C=O) groups is 3. The van der Waals surface area contributed by atoms with E-state index in [-0.39, 0.29) is 18.6 Å². The summed E-state index contributed by atoms with van der Waals surface area (Å²) in [4.78, 5) is 65.7. The van der Waals surface area contributed by atoms with E-state index >= 15 is 0 Å². The molecule has 0 bridgehead atoms. The Bertz CT molecular complexity index is 1010. The van der Waals surface area contributed by atoms with Gasteiger partial charge in [-0.05, 0) is 0 Å². The van der Waals surface area contributed by atoms with Gasteiger partial charge in [-0.25, -0.2) is 9.59 Å². The lowest BCUT2D eigenvalue weighted by atomic mass is 9.69. The summed E-state index contributed by atoms with van der Waals surface area (Å²) >= 11 is 0. The van der Waals surface area contributed by atoms with Crippen molar-refractivity contribution < 1.29 is 19.1 Å². The topological polar surface area (TPSA) is 123 Å². The third-order valence-electron chi connectivity index (χ3n) is 5.77. The van der Waals surface area contributed by atoms with E-state index in [1.54, 1.807) is 11.9 Å². The largest absolute Gasteiger partial charge is 0.377 e. The maximum Gasteiger partial charge on any atom is 0.332 e. The fraction of sp³-hybridized carbons (Fsp3) is 0.562. The molecule has 0 radical (unpaired) electrons. The number of morpholine rings is 1.